The molecule has 0 saturated carbocycles. The second-order valence-corrected chi connectivity index (χ2v) is 8.38. The van der Waals surface area contributed by atoms with Gasteiger partial charge < -0.3 is 20.9 Å². The highest BCUT2D eigenvalue weighted by Gasteiger charge is 2.15. The van der Waals surface area contributed by atoms with E-state index in [-0.39, 0.29) is 0 Å². The first-order chi connectivity index (χ1) is 16.2. The topological polar surface area (TPSA) is 88.6 Å². The fourth-order valence-corrected chi connectivity index (χ4v) is 4.01. The number of nitrogens with one attached hydrogen (secondary N) is 4. The van der Waals surface area contributed by atoms with Crippen LogP contribution in [-0.2, 0) is 6.54 Å². The van der Waals surface area contributed by atoms with Crippen LogP contribution in [0.5, 0.6) is 0 Å². The zero-order valence-corrected chi connectivity index (χ0v) is 18.5. The van der Waals surface area contributed by atoms with Crippen LogP contribution in [0, 0.1) is 18.3 Å². The molecule has 5 rings (SSSR count). The molecule has 6 nitrogen and oxygen atoms in total. The molecule has 2 aromatic carbocycles. The van der Waals surface area contributed by atoms with E-state index in [1.807, 2.05) is 24.4 Å². The number of benzene rings is 2. The maximum atomic E-state index is 9.69. The van der Waals surface area contributed by atoms with Crippen LogP contribution in [-0.4, -0.2) is 29.1 Å². The Kier molecular flexibility index (Phi) is 5.90. The molecule has 0 aliphatic carbocycles. The number of aryl methyl sites for hydroxylation is 1. The van der Waals surface area contributed by atoms with Gasteiger partial charge in [-0.1, -0.05) is 36.4 Å². The van der Waals surface area contributed by atoms with Crippen LogP contribution in [0.3, 0.4) is 0 Å². The van der Waals surface area contributed by atoms with E-state index >= 15 is 0 Å². The van der Waals surface area contributed by atoms with E-state index in [2.05, 4.69) is 75.3 Å². The highest BCUT2D eigenvalue weighted by Crippen LogP contribution is 2.31. The molecule has 0 bridgehead atoms. The molecule has 0 unspecified atom stereocenters. The van der Waals surface area contributed by atoms with Crippen molar-refractivity contribution in [3.8, 4) is 6.07 Å². The Morgan fingerprint density at radius 1 is 1.09 bits per heavy atom. The van der Waals surface area contributed by atoms with Crippen LogP contribution in [0.25, 0.3) is 23.1 Å². The molecule has 1 aliphatic rings. The summed E-state index contributed by atoms with van der Waals surface area (Å²) in [6.45, 7) is 5.06. The third kappa shape index (κ3) is 4.51. The van der Waals surface area contributed by atoms with Crippen molar-refractivity contribution in [2.45, 2.75) is 19.5 Å². The molecule has 33 heavy (non-hydrogen) atoms. The molecule has 4 N–H and O–H groups in total. The Balaban J connectivity index is 1.37. The quantitative estimate of drug-likeness (QED) is 0.338. The second kappa shape index (κ2) is 9.29. The number of H-pyrrole nitrogens is 1. The summed E-state index contributed by atoms with van der Waals surface area (Å²) in [6.07, 6.45) is 9.39. The molecule has 0 amide bonds. The largest absolute Gasteiger partial charge is 0.361 e. The van der Waals surface area contributed by atoms with E-state index in [0.29, 0.717) is 11.6 Å². The first-order valence-electron chi connectivity index (χ1n) is 11.1. The number of pyridine rings is 1. The fourth-order valence-electron chi connectivity index (χ4n) is 4.01. The summed E-state index contributed by atoms with van der Waals surface area (Å²) >= 11 is 0. The lowest BCUT2D eigenvalue weighted by Crippen LogP contribution is -2.54. The first kappa shape index (κ1) is 21.0. The Labute approximate surface area is 193 Å². The van der Waals surface area contributed by atoms with E-state index in [9.17, 15) is 5.26 Å². The molecule has 2 aromatic heterocycles. The van der Waals surface area contributed by atoms with Gasteiger partial charge in [0.25, 0.3) is 0 Å². The van der Waals surface area contributed by atoms with Gasteiger partial charge in [0.05, 0.1) is 11.3 Å². The van der Waals surface area contributed by atoms with Gasteiger partial charge in [0, 0.05) is 66.4 Å². The minimum Gasteiger partial charge on any atom is -0.361 e. The number of fused-ring (bicyclic) bond motifs is 1. The zero-order valence-electron chi connectivity index (χ0n) is 18.5. The van der Waals surface area contributed by atoms with Crippen molar-refractivity contribution in [1.29, 1.82) is 5.26 Å². The molecule has 0 atom stereocenters. The summed E-state index contributed by atoms with van der Waals surface area (Å²) < 4.78 is 0. The van der Waals surface area contributed by atoms with Gasteiger partial charge in [-0.05, 0) is 41.8 Å². The summed E-state index contributed by atoms with van der Waals surface area (Å²) in [5.74, 6) is 0. The molecule has 0 radical (unpaired) electrons. The van der Waals surface area contributed by atoms with E-state index in [0.717, 1.165) is 58.6 Å². The molecular formula is C27H26N6. The number of aromatic nitrogens is 2. The molecule has 0 spiro atoms. The number of anilines is 2. The van der Waals surface area contributed by atoms with Crippen molar-refractivity contribution in [3.63, 3.8) is 0 Å². The maximum absolute atomic E-state index is 9.69. The third-order valence-electron chi connectivity index (χ3n) is 6.17. The van der Waals surface area contributed by atoms with Crippen molar-refractivity contribution < 1.29 is 0 Å². The molecule has 3 heterocycles. The number of nitriles is 1. The van der Waals surface area contributed by atoms with Crippen LogP contribution >= 0.6 is 0 Å². The van der Waals surface area contributed by atoms with Crippen molar-refractivity contribution in [2.75, 3.05) is 18.4 Å². The number of nitrogens with zero attached hydrogens (tertiary/aromatic N) is 2. The lowest BCUT2D eigenvalue weighted by atomic mass is 10.1. The minimum absolute atomic E-state index is 0.512. The Morgan fingerprint density at radius 2 is 1.94 bits per heavy atom. The molecular weight excluding hydrogens is 408 g/mol. The fraction of sp³-hybridized carbons (Fsp3) is 0.185. The van der Waals surface area contributed by atoms with Crippen LogP contribution in [0.1, 0.15) is 27.8 Å². The molecule has 6 heteroatoms. The molecule has 164 valence electrons. The number of rotatable bonds is 7. The zero-order chi connectivity index (χ0) is 22.6. The van der Waals surface area contributed by atoms with Crippen LogP contribution in [0.2, 0.25) is 0 Å². The van der Waals surface area contributed by atoms with E-state index in [1.54, 1.807) is 12.4 Å². The summed E-state index contributed by atoms with van der Waals surface area (Å²) in [5, 5.41) is 21.1. The number of aromatic amines is 1. The third-order valence-corrected chi connectivity index (χ3v) is 6.17. The predicted octanol–water partition coefficient (Wildman–Crippen LogP) is 4.72. The highest BCUT2D eigenvalue weighted by molar-refractivity contribution is 5.90. The monoisotopic (exact) mass is 434 g/mol. The Morgan fingerprint density at radius 3 is 2.70 bits per heavy atom. The standard InChI is InChI=1S/C27H26N6/c1-18-24-10-11-31-26(24)9-8-25(18)33-27-21(14-29-15-22(27)12-28)7-6-19-2-4-20(5-3-19)13-32-23-16-30-17-23/h2-11,14-15,23,30-32H,13,16-17H2,1H3,(H,29,33). The summed E-state index contributed by atoms with van der Waals surface area (Å²) in [6, 6.07) is 17.5. The van der Waals surface area contributed by atoms with Gasteiger partial charge >= 0.3 is 0 Å². The van der Waals surface area contributed by atoms with Gasteiger partial charge in [0.1, 0.15) is 6.07 Å². The van der Waals surface area contributed by atoms with Gasteiger partial charge in [0.2, 0.25) is 0 Å². The van der Waals surface area contributed by atoms with E-state index < -0.39 is 0 Å². The van der Waals surface area contributed by atoms with E-state index in [1.165, 1.54) is 5.56 Å². The summed E-state index contributed by atoms with van der Waals surface area (Å²) in [5.41, 5.74) is 7.70. The maximum Gasteiger partial charge on any atom is 0.103 e. The van der Waals surface area contributed by atoms with Crippen molar-refractivity contribution in [1.82, 2.24) is 20.6 Å². The van der Waals surface area contributed by atoms with Crippen LogP contribution in [0.15, 0.2) is 61.1 Å². The Bertz CT molecular complexity index is 1340. The molecule has 1 aliphatic heterocycles. The van der Waals surface area contributed by atoms with E-state index in [4.69, 9.17) is 0 Å². The number of hydrogen-bond acceptors (Lipinski definition) is 5. The summed E-state index contributed by atoms with van der Waals surface area (Å²) in [7, 11) is 0. The van der Waals surface area contributed by atoms with Crippen LogP contribution in [0.4, 0.5) is 11.4 Å². The minimum atomic E-state index is 0.512. The predicted molar refractivity (Wildman–Crippen MR) is 134 cm³/mol. The lowest BCUT2D eigenvalue weighted by Gasteiger charge is -2.28. The first-order valence-corrected chi connectivity index (χ1v) is 11.1. The number of hydrogen-bond donors (Lipinski definition) is 4. The molecule has 1 fully saturated rings. The van der Waals surface area contributed by atoms with Gasteiger partial charge in [-0.25, -0.2) is 0 Å². The molecule has 4 aromatic rings. The smallest absolute Gasteiger partial charge is 0.103 e. The average Bonchev–Trinajstić information content (AvgIpc) is 3.29. The van der Waals surface area contributed by atoms with Crippen molar-refractivity contribution in [3.05, 3.63) is 88.9 Å². The van der Waals surface area contributed by atoms with Gasteiger partial charge in [-0.2, -0.15) is 5.26 Å². The second-order valence-electron chi connectivity index (χ2n) is 8.38. The normalized spacial score (nSPS) is 13.8. The van der Waals surface area contributed by atoms with Crippen LogP contribution < -0.4 is 16.0 Å². The van der Waals surface area contributed by atoms with Crippen molar-refractivity contribution in [2.24, 2.45) is 0 Å². The highest BCUT2D eigenvalue weighted by atomic mass is 15.1. The Hall–Kier alpha value is -3.92. The van der Waals surface area contributed by atoms with Crippen molar-refractivity contribution >= 4 is 34.4 Å². The van der Waals surface area contributed by atoms with Gasteiger partial charge in [-0.15, -0.1) is 0 Å². The van der Waals surface area contributed by atoms with Gasteiger partial charge in [-0.3, -0.25) is 4.98 Å². The van der Waals surface area contributed by atoms with Gasteiger partial charge in [0.15, 0.2) is 0 Å². The lowest BCUT2D eigenvalue weighted by molar-refractivity contribution is 0.365. The SMILES string of the molecule is Cc1c(Nc2c(C#N)cncc2C=Cc2ccc(CNC3CNC3)cc2)ccc2[nH]ccc12. The molecule has 1 saturated heterocycles. The average molecular weight is 435 g/mol. The summed E-state index contributed by atoms with van der Waals surface area (Å²) in [4.78, 5) is 7.51.